The number of imide groups is 1. The summed E-state index contributed by atoms with van der Waals surface area (Å²) < 4.78 is 27.2. The normalized spacial score (nSPS) is 19.5. The molecule has 2 amide bonds. The fraction of sp³-hybridized carbons (Fsp3) is 0.259. The molecular weight excluding hydrogens is 507 g/mol. The Kier molecular flexibility index (Phi) is 7.08. The van der Waals surface area contributed by atoms with E-state index < -0.39 is 6.04 Å². The van der Waals surface area contributed by atoms with Gasteiger partial charge in [0.2, 0.25) is 5.91 Å². The van der Waals surface area contributed by atoms with Gasteiger partial charge in [-0.2, -0.15) is 0 Å². The predicted molar refractivity (Wildman–Crippen MR) is 135 cm³/mol. The zero-order valence-electron chi connectivity index (χ0n) is 19.2. The van der Waals surface area contributed by atoms with Gasteiger partial charge in [0, 0.05) is 36.2 Å². The number of piperazine rings is 1. The number of benzene rings is 3. The van der Waals surface area contributed by atoms with Crippen molar-refractivity contribution in [2.45, 2.75) is 18.5 Å². The highest BCUT2D eigenvalue weighted by atomic mass is 35.5. The molecule has 5 nitrogen and oxygen atoms in total. The monoisotopic (exact) mass is 529 g/mol. The van der Waals surface area contributed by atoms with Gasteiger partial charge in [-0.15, -0.1) is 0 Å². The van der Waals surface area contributed by atoms with Crippen LogP contribution in [0.4, 0.5) is 14.5 Å². The summed E-state index contributed by atoms with van der Waals surface area (Å²) in [5.41, 5.74) is 2.16. The lowest BCUT2D eigenvalue weighted by Crippen LogP contribution is -2.53. The highest BCUT2D eigenvalue weighted by Crippen LogP contribution is 2.33. The molecule has 0 saturated carbocycles. The molecule has 0 N–H and O–H groups in total. The topological polar surface area (TPSA) is 43.9 Å². The molecule has 5 rings (SSSR count). The van der Waals surface area contributed by atoms with Gasteiger partial charge in [0.1, 0.15) is 11.6 Å². The molecule has 2 aliphatic heterocycles. The largest absolute Gasteiger partial charge is 0.290 e. The van der Waals surface area contributed by atoms with Crippen LogP contribution >= 0.6 is 23.2 Å². The number of hydrogen-bond acceptors (Lipinski definition) is 4. The van der Waals surface area contributed by atoms with Gasteiger partial charge in [0.15, 0.2) is 0 Å². The van der Waals surface area contributed by atoms with Crippen LogP contribution in [0.5, 0.6) is 0 Å². The fourth-order valence-electron chi connectivity index (χ4n) is 5.05. The number of rotatable bonds is 5. The summed E-state index contributed by atoms with van der Waals surface area (Å²) in [5, 5.41) is 0.700. The first kappa shape index (κ1) is 24.8. The average Bonchev–Trinajstić information content (AvgIpc) is 3.15. The molecule has 36 heavy (non-hydrogen) atoms. The molecule has 0 bridgehead atoms. The molecule has 2 fully saturated rings. The minimum atomic E-state index is -0.563. The summed E-state index contributed by atoms with van der Waals surface area (Å²) in [6.07, 6.45) is 0.0856. The van der Waals surface area contributed by atoms with E-state index in [1.807, 2.05) is 4.90 Å². The van der Waals surface area contributed by atoms with Crippen LogP contribution in [0, 0.1) is 11.6 Å². The van der Waals surface area contributed by atoms with Crippen LogP contribution in [0.3, 0.4) is 0 Å². The lowest BCUT2D eigenvalue weighted by Gasteiger charge is -2.41. The first-order valence-electron chi connectivity index (χ1n) is 11.6. The van der Waals surface area contributed by atoms with Crippen LogP contribution in [0.2, 0.25) is 10.0 Å². The van der Waals surface area contributed by atoms with Crippen molar-refractivity contribution in [2.75, 3.05) is 31.1 Å². The van der Waals surface area contributed by atoms with Crippen LogP contribution in [0.25, 0.3) is 0 Å². The molecule has 2 aliphatic rings. The molecule has 9 heteroatoms. The Balaban J connectivity index is 1.33. The second-order valence-electron chi connectivity index (χ2n) is 8.99. The Morgan fingerprint density at radius 1 is 0.750 bits per heavy atom. The number of halogens is 4. The van der Waals surface area contributed by atoms with E-state index in [1.165, 1.54) is 24.3 Å². The van der Waals surface area contributed by atoms with E-state index >= 15 is 0 Å². The molecule has 1 atom stereocenters. The summed E-state index contributed by atoms with van der Waals surface area (Å²) in [5.74, 6) is -1.23. The second-order valence-corrected chi connectivity index (χ2v) is 9.87. The van der Waals surface area contributed by atoms with Gasteiger partial charge in [0.25, 0.3) is 5.91 Å². The van der Waals surface area contributed by atoms with Gasteiger partial charge in [0.05, 0.1) is 24.2 Å². The second kappa shape index (κ2) is 10.3. The van der Waals surface area contributed by atoms with Gasteiger partial charge in [-0.05, 0) is 53.6 Å². The first-order chi connectivity index (χ1) is 17.3. The Morgan fingerprint density at radius 2 is 1.25 bits per heavy atom. The Labute approximate surface area is 217 Å². The number of amides is 2. The minimum absolute atomic E-state index is 0.0856. The third kappa shape index (κ3) is 5.02. The average molecular weight is 530 g/mol. The van der Waals surface area contributed by atoms with Crippen molar-refractivity contribution in [1.29, 1.82) is 0 Å². The van der Waals surface area contributed by atoms with E-state index in [-0.39, 0.29) is 35.9 Å². The standard InChI is InChI=1S/C27H23Cl2F2N3O2/c28-19-13-20(29)15-23(14-19)34-25(35)16-24(27(34)36)32-9-11-33(12-10-32)26(17-1-5-21(30)6-2-17)18-3-7-22(31)8-4-18/h1-8,13-15,24,26H,9-12,16H2. The van der Waals surface area contributed by atoms with Crippen LogP contribution in [-0.4, -0.2) is 53.8 Å². The Morgan fingerprint density at radius 3 is 1.75 bits per heavy atom. The highest BCUT2D eigenvalue weighted by molar-refractivity contribution is 6.35. The quantitative estimate of drug-likeness (QED) is 0.420. The smallest absolute Gasteiger partial charge is 0.251 e. The SMILES string of the molecule is O=C1CC(N2CCN(C(c3ccc(F)cc3)c3ccc(F)cc3)CC2)C(=O)N1c1cc(Cl)cc(Cl)c1. The summed E-state index contributed by atoms with van der Waals surface area (Å²) in [4.78, 5) is 31.4. The summed E-state index contributed by atoms with van der Waals surface area (Å²) in [7, 11) is 0. The molecule has 2 heterocycles. The Hall–Kier alpha value is -2.84. The zero-order chi connectivity index (χ0) is 25.4. The Bertz CT molecular complexity index is 1210. The molecule has 0 aromatic heterocycles. The van der Waals surface area contributed by atoms with Crippen LogP contribution in [-0.2, 0) is 9.59 Å². The third-order valence-electron chi connectivity index (χ3n) is 6.75. The number of carbonyl (C=O) groups excluding carboxylic acids is 2. The van der Waals surface area contributed by atoms with Crippen LogP contribution in [0.15, 0.2) is 66.7 Å². The van der Waals surface area contributed by atoms with Gasteiger partial charge < -0.3 is 0 Å². The summed E-state index contributed by atoms with van der Waals surface area (Å²) >= 11 is 12.2. The molecule has 0 radical (unpaired) electrons. The number of anilines is 1. The molecular formula is C27H23Cl2F2N3O2. The van der Waals surface area contributed by atoms with Gasteiger partial charge in [-0.1, -0.05) is 47.5 Å². The highest BCUT2D eigenvalue weighted by Gasteiger charge is 2.44. The van der Waals surface area contributed by atoms with Crippen molar-refractivity contribution >= 4 is 40.7 Å². The van der Waals surface area contributed by atoms with Gasteiger partial charge >= 0.3 is 0 Å². The lowest BCUT2D eigenvalue weighted by atomic mass is 9.96. The third-order valence-corrected chi connectivity index (χ3v) is 7.19. The van der Waals surface area contributed by atoms with Crippen molar-refractivity contribution in [3.8, 4) is 0 Å². The van der Waals surface area contributed by atoms with Crippen molar-refractivity contribution in [1.82, 2.24) is 9.80 Å². The van der Waals surface area contributed by atoms with Gasteiger partial charge in [-0.25, -0.2) is 13.7 Å². The molecule has 0 aliphatic carbocycles. The van der Waals surface area contributed by atoms with Crippen LogP contribution in [0.1, 0.15) is 23.6 Å². The number of carbonyl (C=O) groups is 2. The van der Waals surface area contributed by atoms with Crippen LogP contribution < -0.4 is 4.90 Å². The van der Waals surface area contributed by atoms with E-state index in [0.29, 0.717) is 41.9 Å². The fourth-order valence-corrected chi connectivity index (χ4v) is 5.57. The molecule has 186 valence electrons. The molecule has 3 aromatic carbocycles. The maximum absolute atomic E-state index is 13.6. The number of nitrogens with zero attached hydrogens (tertiary/aromatic N) is 3. The van der Waals surface area contributed by atoms with E-state index in [4.69, 9.17) is 23.2 Å². The van der Waals surface area contributed by atoms with E-state index in [2.05, 4.69) is 4.90 Å². The van der Waals surface area contributed by atoms with Crippen molar-refractivity contribution in [2.24, 2.45) is 0 Å². The van der Waals surface area contributed by atoms with Crippen molar-refractivity contribution in [3.05, 3.63) is 99.5 Å². The maximum Gasteiger partial charge on any atom is 0.251 e. The molecule has 0 spiro atoms. The molecule has 3 aromatic rings. The van der Waals surface area contributed by atoms with E-state index in [9.17, 15) is 18.4 Å². The predicted octanol–water partition coefficient (Wildman–Crippen LogP) is 5.31. The number of hydrogen-bond donors (Lipinski definition) is 0. The summed E-state index contributed by atoms with van der Waals surface area (Å²) in [6.45, 7) is 2.35. The van der Waals surface area contributed by atoms with Crippen molar-refractivity contribution < 1.29 is 18.4 Å². The zero-order valence-corrected chi connectivity index (χ0v) is 20.7. The first-order valence-corrected chi connectivity index (χ1v) is 12.4. The maximum atomic E-state index is 13.6. The van der Waals surface area contributed by atoms with Gasteiger partial charge in [-0.3, -0.25) is 19.4 Å². The lowest BCUT2D eigenvalue weighted by molar-refractivity contribution is -0.123. The molecule has 1 unspecified atom stereocenters. The summed E-state index contributed by atoms with van der Waals surface area (Å²) in [6, 6.07) is 16.5. The van der Waals surface area contributed by atoms with E-state index in [1.54, 1.807) is 42.5 Å². The van der Waals surface area contributed by atoms with Crippen molar-refractivity contribution in [3.63, 3.8) is 0 Å². The minimum Gasteiger partial charge on any atom is -0.290 e. The van der Waals surface area contributed by atoms with E-state index in [0.717, 1.165) is 16.0 Å². The molecule has 2 saturated heterocycles.